The maximum Gasteiger partial charge on any atom is 0.346 e. The molecule has 0 spiro atoms. The number of likely N-dealkylation sites (tertiary alicyclic amines) is 1. The molecule has 5 nitrogen and oxygen atoms in total. The van der Waals surface area contributed by atoms with Gasteiger partial charge in [-0.1, -0.05) is 29.8 Å². The third kappa shape index (κ3) is 4.23. The molecule has 1 aliphatic heterocycles. The number of nitrogens with zero attached hydrogens (tertiary/aromatic N) is 1. The van der Waals surface area contributed by atoms with Gasteiger partial charge in [0.2, 0.25) is 0 Å². The Balaban J connectivity index is 1.87. The molecule has 1 aliphatic carbocycles. The van der Waals surface area contributed by atoms with E-state index in [0.29, 0.717) is 24.4 Å². The molecule has 0 amide bonds. The molecule has 3 N–H and O–H groups in total. The molecule has 2 aromatic rings. The Kier molecular flexibility index (Phi) is 6.68. The Morgan fingerprint density at radius 1 is 1.13 bits per heavy atom. The van der Waals surface area contributed by atoms with Crippen molar-refractivity contribution in [2.45, 2.75) is 32.1 Å². The van der Waals surface area contributed by atoms with Crippen LogP contribution in [0.2, 0.25) is 0 Å². The van der Waals surface area contributed by atoms with Gasteiger partial charge in [-0.05, 0) is 68.0 Å². The minimum Gasteiger partial charge on any atom is -0.477 e. The Hall–Kier alpha value is -1.99. The molecule has 2 aliphatic rings. The number of rotatable bonds is 6. The topological polar surface area (TPSA) is 72.8 Å². The number of carboxylic acid groups (broad SMARTS) is 1. The Bertz CT molecular complexity index is 953. The molecule has 1 fully saturated rings. The molecule has 0 unspecified atom stereocenters. The fourth-order valence-corrected chi connectivity index (χ4v) is 5.88. The van der Waals surface area contributed by atoms with E-state index >= 15 is 0 Å². The van der Waals surface area contributed by atoms with Gasteiger partial charge in [0.15, 0.2) is 0 Å². The SMILES string of the molecule is CN1CCC(=C2c3ccccc3CCc3sc(C(=O)O)c(CCNCCO)c32)CC1. The summed E-state index contributed by atoms with van der Waals surface area (Å²) in [5.74, 6) is -0.828. The van der Waals surface area contributed by atoms with Gasteiger partial charge in [0.25, 0.3) is 0 Å². The number of aliphatic hydroxyl groups excluding tert-OH is 1. The standard InChI is InChI=1S/C24H30N2O3S/c1-26-13-9-17(10-14-26)21-18-5-3-2-4-16(18)6-7-20-22(21)19(8-11-25-12-15-27)23(30-20)24(28)29/h2-5,25,27H,6-15H2,1H3,(H,28,29). The number of piperidine rings is 1. The van der Waals surface area contributed by atoms with E-state index in [1.165, 1.54) is 44.1 Å². The van der Waals surface area contributed by atoms with E-state index in [2.05, 4.69) is 41.5 Å². The van der Waals surface area contributed by atoms with Crippen molar-refractivity contribution in [1.29, 1.82) is 0 Å². The number of aryl methyl sites for hydroxylation is 2. The van der Waals surface area contributed by atoms with Crippen molar-refractivity contribution in [3.05, 3.63) is 61.8 Å². The lowest BCUT2D eigenvalue weighted by molar-refractivity contribution is 0.0701. The average molecular weight is 427 g/mol. The first-order valence-corrected chi connectivity index (χ1v) is 11.6. The number of hydrogen-bond acceptors (Lipinski definition) is 5. The molecule has 1 saturated heterocycles. The second kappa shape index (κ2) is 9.43. The first-order chi connectivity index (χ1) is 14.6. The first kappa shape index (κ1) is 21.2. The number of carbonyl (C=O) groups is 1. The fraction of sp³-hybridized carbons (Fsp3) is 0.458. The van der Waals surface area contributed by atoms with Gasteiger partial charge >= 0.3 is 5.97 Å². The van der Waals surface area contributed by atoms with E-state index in [4.69, 9.17) is 5.11 Å². The molecule has 2 heterocycles. The van der Waals surface area contributed by atoms with Crippen molar-refractivity contribution in [3.8, 4) is 0 Å². The minimum absolute atomic E-state index is 0.0870. The molecular weight excluding hydrogens is 396 g/mol. The predicted molar refractivity (Wildman–Crippen MR) is 122 cm³/mol. The largest absolute Gasteiger partial charge is 0.477 e. The summed E-state index contributed by atoms with van der Waals surface area (Å²) in [6.07, 6.45) is 4.55. The van der Waals surface area contributed by atoms with Gasteiger partial charge in [-0.25, -0.2) is 4.79 Å². The summed E-state index contributed by atoms with van der Waals surface area (Å²) in [5, 5.41) is 22.2. The second-order valence-corrected chi connectivity index (χ2v) is 9.28. The Morgan fingerprint density at radius 2 is 1.90 bits per heavy atom. The summed E-state index contributed by atoms with van der Waals surface area (Å²) in [4.78, 5) is 16.2. The van der Waals surface area contributed by atoms with Crippen LogP contribution in [-0.4, -0.2) is 60.9 Å². The molecule has 0 saturated carbocycles. The summed E-state index contributed by atoms with van der Waals surface area (Å²) in [6, 6.07) is 8.66. The van der Waals surface area contributed by atoms with Crippen LogP contribution in [0.25, 0.3) is 5.57 Å². The van der Waals surface area contributed by atoms with E-state index in [0.717, 1.165) is 44.3 Å². The second-order valence-electron chi connectivity index (χ2n) is 8.18. The first-order valence-electron chi connectivity index (χ1n) is 10.8. The van der Waals surface area contributed by atoms with Gasteiger partial charge in [0.05, 0.1) is 6.61 Å². The van der Waals surface area contributed by atoms with Crippen molar-refractivity contribution < 1.29 is 15.0 Å². The number of hydrogen-bond donors (Lipinski definition) is 3. The fourth-order valence-electron chi connectivity index (χ4n) is 4.68. The van der Waals surface area contributed by atoms with Gasteiger partial charge in [-0.15, -0.1) is 11.3 Å². The zero-order valence-corrected chi connectivity index (χ0v) is 18.4. The number of thiophene rings is 1. The summed E-state index contributed by atoms with van der Waals surface area (Å²) in [5.41, 5.74) is 7.56. The zero-order valence-electron chi connectivity index (χ0n) is 17.5. The molecule has 0 radical (unpaired) electrons. The van der Waals surface area contributed by atoms with E-state index in [9.17, 15) is 9.90 Å². The monoisotopic (exact) mass is 426 g/mol. The summed E-state index contributed by atoms with van der Waals surface area (Å²) in [6.45, 7) is 3.36. The summed E-state index contributed by atoms with van der Waals surface area (Å²) in [7, 11) is 2.17. The molecular formula is C24H30N2O3S. The third-order valence-electron chi connectivity index (χ3n) is 6.22. The smallest absolute Gasteiger partial charge is 0.346 e. The molecule has 0 atom stereocenters. The van der Waals surface area contributed by atoms with E-state index < -0.39 is 5.97 Å². The number of carboxylic acids is 1. The molecule has 1 aromatic carbocycles. The van der Waals surface area contributed by atoms with Crippen LogP contribution in [0.5, 0.6) is 0 Å². The molecule has 6 heteroatoms. The van der Waals surface area contributed by atoms with Crippen LogP contribution in [-0.2, 0) is 19.3 Å². The molecule has 4 rings (SSSR count). The Morgan fingerprint density at radius 3 is 2.63 bits per heavy atom. The highest BCUT2D eigenvalue weighted by Crippen LogP contribution is 2.44. The number of benzene rings is 1. The lowest BCUT2D eigenvalue weighted by atomic mass is 9.85. The van der Waals surface area contributed by atoms with Crippen molar-refractivity contribution >= 4 is 22.9 Å². The summed E-state index contributed by atoms with van der Waals surface area (Å²) < 4.78 is 0. The van der Waals surface area contributed by atoms with Crippen molar-refractivity contribution in [2.75, 3.05) is 39.8 Å². The maximum absolute atomic E-state index is 12.1. The van der Waals surface area contributed by atoms with Gasteiger partial charge in [0.1, 0.15) is 4.88 Å². The van der Waals surface area contributed by atoms with Crippen LogP contribution in [0.3, 0.4) is 0 Å². The van der Waals surface area contributed by atoms with E-state index in [-0.39, 0.29) is 6.61 Å². The lowest BCUT2D eigenvalue weighted by Gasteiger charge is -2.27. The number of nitrogens with one attached hydrogen (secondary N) is 1. The molecule has 1 aromatic heterocycles. The zero-order chi connectivity index (χ0) is 21.1. The highest BCUT2D eigenvalue weighted by atomic mass is 32.1. The number of aromatic carboxylic acids is 1. The van der Waals surface area contributed by atoms with Crippen LogP contribution < -0.4 is 5.32 Å². The van der Waals surface area contributed by atoms with Gasteiger partial charge < -0.3 is 20.4 Å². The maximum atomic E-state index is 12.1. The molecule has 30 heavy (non-hydrogen) atoms. The number of fused-ring (bicyclic) bond motifs is 2. The van der Waals surface area contributed by atoms with Crippen molar-refractivity contribution in [3.63, 3.8) is 0 Å². The van der Waals surface area contributed by atoms with E-state index in [1.807, 2.05) is 0 Å². The average Bonchev–Trinajstić information content (AvgIpc) is 3.02. The van der Waals surface area contributed by atoms with Crippen LogP contribution in [0.15, 0.2) is 29.8 Å². The van der Waals surface area contributed by atoms with Crippen molar-refractivity contribution in [1.82, 2.24) is 10.2 Å². The third-order valence-corrected chi connectivity index (χ3v) is 7.50. The predicted octanol–water partition coefficient (Wildman–Crippen LogP) is 3.20. The van der Waals surface area contributed by atoms with Crippen molar-refractivity contribution in [2.24, 2.45) is 0 Å². The number of aliphatic hydroxyl groups is 1. The molecule has 0 bridgehead atoms. The summed E-state index contributed by atoms with van der Waals surface area (Å²) >= 11 is 1.46. The van der Waals surface area contributed by atoms with Crippen LogP contribution in [0.4, 0.5) is 0 Å². The van der Waals surface area contributed by atoms with Gasteiger partial charge in [-0.2, -0.15) is 0 Å². The quantitative estimate of drug-likeness (QED) is 0.619. The van der Waals surface area contributed by atoms with E-state index in [1.54, 1.807) is 0 Å². The normalized spacial score (nSPS) is 16.9. The van der Waals surface area contributed by atoms with Gasteiger partial charge in [-0.3, -0.25) is 0 Å². The van der Waals surface area contributed by atoms with Crippen LogP contribution in [0, 0.1) is 0 Å². The Labute approximate surface area is 182 Å². The minimum atomic E-state index is -0.828. The lowest BCUT2D eigenvalue weighted by Crippen LogP contribution is -2.27. The highest BCUT2D eigenvalue weighted by molar-refractivity contribution is 7.14. The van der Waals surface area contributed by atoms with Crippen LogP contribution in [0.1, 0.15) is 49.6 Å². The molecule has 160 valence electrons. The van der Waals surface area contributed by atoms with Crippen LogP contribution >= 0.6 is 11.3 Å². The highest BCUT2D eigenvalue weighted by Gasteiger charge is 2.30. The van der Waals surface area contributed by atoms with Gasteiger partial charge in [0, 0.05) is 30.1 Å².